The van der Waals surface area contributed by atoms with Gasteiger partial charge in [-0.05, 0) is 18.2 Å². The maximum absolute atomic E-state index is 13.3. The Hall–Kier alpha value is -2.01. The second kappa shape index (κ2) is 5.55. The summed E-state index contributed by atoms with van der Waals surface area (Å²) in [6.07, 6.45) is 0. The number of hydrogen-bond acceptors (Lipinski definition) is 2. The smallest absolute Gasteiger partial charge is 0.194 e. The van der Waals surface area contributed by atoms with Crippen LogP contribution in [0, 0.1) is 17.5 Å². The molecule has 0 aliphatic heterocycles. The second-order valence-corrected chi connectivity index (χ2v) is 3.68. The van der Waals surface area contributed by atoms with E-state index in [1.165, 1.54) is 6.07 Å². The van der Waals surface area contributed by atoms with Gasteiger partial charge in [-0.25, -0.2) is 18.6 Å². The van der Waals surface area contributed by atoms with E-state index in [1.54, 1.807) is 0 Å². The van der Waals surface area contributed by atoms with Crippen LogP contribution >= 0.6 is 0 Å². The Morgan fingerprint density at radius 2 is 1.56 bits per heavy atom. The van der Waals surface area contributed by atoms with Crippen molar-refractivity contribution in [3.63, 3.8) is 0 Å². The van der Waals surface area contributed by atoms with Crippen molar-refractivity contribution in [3.8, 4) is 0 Å². The van der Waals surface area contributed by atoms with E-state index in [2.05, 4.69) is 10.9 Å². The van der Waals surface area contributed by atoms with Crippen molar-refractivity contribution in [2.24, 2.45) is 0 Å². The molecular formula is C13H11F3N2. The number of para-hydroxylation sites is 1. The average Bonchev–Trinajstić information content (AvgIpc) is 2.40. The molecule has 0 radical (unpaired) electrons. The van der Waals surface area contributed by atoms with Gasteiger partial charge in [0.05, 0.1) is 0 Å². The molecule has 2 nitrogen and oxygen atoms in total. The third-order valence-electron chi connectivity index (χ3n) is 2.40. The first-order chi connectivity index (χ1) is 8.68. The Balaban J connectivity index is 1.97. The van der Waals surface area contributed by atoms with E-state index in [0.717, 1.165) is 11.8 Å². The minimum absolute atomic E-state index is 0.0396. The molecule has 0 fully saturated rings. The molecule has 18 heavy (non-hydrogen) atoms. The lowest BCUT2D eigenvalue weighted by molar-refractivity contribution is 0.439. The molecule has 0 aromatic heterocycles. The van der Waals surface area contributed by atoms with Crippen molar-refractivity contribution < 1.29 is 13.2 Å². The molecule has 0 amide bonds. The molecule has 94 valence electrons. The van der Waals surface area contributed by atoms with Crippen LogP contribution in [0.15, 0.2) is 42.5 Å². The molecule has 0 unspecified atom stereocenters. The van der Waals surface area contributed by atoms with Crippen molar-refractivity contribution in [2.45, 2.75) is 6.54 Å². The number of benzene rings is 2. The molecule has 2 aromatic rings. The quantitative estimate of drug-likeness (QED) is 0.645. The molecule has 0 heterocycles. The molecule has 0 aliphatic carbocycles. The number of anilines is 1. The number of hydrazine groups is 1. The molecule has 2 aromatic carbocycles. The van der Waals surface area contributed by atoms with Crippen LogP contribution in [-0.2, 0) is 6.54 Å². The minimum atomic E-state index is -1.45. The van der Waals surface area contributed by atoms with Crippen LogP contribution in [0.3, 0.4) is 0 Å². The van der Waals surface area contributed by atoms with Gasteiger partial charge in [-0.1, -0.05) is 24.3 Å². The Labute approximate surface area is 102 Å². The number of rotatable bonds is 4. The van der Waals surface area contributed by atoms with Crippen LogP contribution in [0.5, 0.6) is 0 Å². The fourth-order valence-corrected chi connectivity index (χ4v) is 1.47. The predicted molar refractivity (Wildman–Crippen MR) is 63.2 cm³/mol. The average molecular weight is 252 g/mol. The fraction of sp³-hybridized carbons (Fsp3) is 0.0769. The predicted octanol–water partition coefficient (Wildman–Crippen LogP) is 3.22. The monoisotopic (exact) mass is 252 g/mol. The zero-order valence-electron chi connectivity index (χ0n) is 9.38. The summed E-state index contributed by atoms with van der Waals surface area (Å²) in [6.45, 7) is 0.0396. The van der Waals surface area contributed by atoms with Gasteiger partial charge < -0.3 is 5.43 Å². The van der Waals surface area contributed by atoms with Gasteiger partial charge in [0.25, 0.3) is 0 Å². The second-order valence-electron chi connectivity index (χ2n) is 3.68. The van der Waals surface area contributed by atoms with Crippen LogP contribution in [0.4, 0.5) is 18.9 Å². The summed E-state index contributed by atoms with van der Waals surface area (Å²) in [5.74, 6) is -3.81. The van der Waals surface area contributed by atoms with E-state index in [1.807, 2.05) is 30.3 Å². The summed E-state index contributed by atoms with van der Waals surface area (Å²) in [5, 5.41) is 0. The van der Waals surface area contributed by atoms with E-state index in [4.69, 9.17) is 0 Å². The number of halogens is 3. The van der Waals surface area contributed by atoms with Crippen molar-refractivity contribution in [2.75, 3.05) is 5.43 Å². The van der Waals surface area contributed by atoms with E-state index in [9.17, 15) is 13.2 Å². The Kier molecular flexibility index (Phi) is 3.84. The molecule has 2 N–H and O–H groups in total. The van der Waals surface area contributed by atoms with Crippen LogP contribution in [-0.4, -0.2) is 0 Å². The van der Waals surface area contributed by atoms with Gasteiger partial charge in [-0.3, -0.25) is 0 Å². The Morgan fingerprint density at radius 3 is 2.28 bits per heavy atom. The molecule has 0 saturated heterocycles. The van der Waals surface area contributed by atoms with Gasteiger partial charge in [-0.15, -0.1) is 0 Å². The lowest BCUT2D eigenvalue weighted by atomic mass is 10.2. The molecule has 5 heteroatoms. The molecule has 0 saturated carbocycles. The van der Waals surface area contributed by atoms with Gasteiger partial charge in [0.15, 0.2) is 17.5 Å². The van der Waals surface area contributed by atoms with E-state index in [0.29, 0.717) is 0 Å². The molecule has 0 atom stereocenters. The van der Waals surface area contributed by atoms with Gasteiger partial charge >= 0.3 is 0 Å². The third-order valence-corrected chi connectivity index (χ3v) is 2.40. The summed E-state index contributed by atoms with van der Waals surface area (Å²) in [7, 11) is 0. The van der Waals surface area contributed by atoms with Crippen molar-refractivity contribution in [1.82, 2.24) is 5.43 Å². The first kappa shape index (κ1) is 12.4. The van der Waals surface area contributed by atoms with Crippen LogP contribution in [0.25, 0.3) is 0 Å². The zero-order chi connectivity index (χ0) is 13.0. The largest absolute Gasteiger partial charge is 0.321 e. The highest BCUT2D eigenvalue weighted by Gasteiger charge is 2.12. The van der Waals surface area contributed by atoms with Gasteiger partial charge in [0, 0.05) is 17.8 Å². The number of nitrogens with one attached hydrogen (secondary N) is 2. The SMILES string of the molecule is Fc1ccc(CNNc2ccccc2)c(F)c1F. The van der Waals surface area contributed by atoms with Crippen molar-refractivity contribution in [3.05, 3.63) is 65.5 Å². The van der Waals surface area contributed by atoms with Crippen LogP contribution in [0.1, 0.15) is 5.56 Å². The zero-order valence-corrected chi connectivity index (χ0v) is 9.38. The van der Waals surface area contributed by atoms with Gasteiger partial charge in [0.2, 0.25) is 0 Å². The highest BCUT2D eigenvalue weighted by atomic mass is 19.2. The van der Waals surface area contributed by atoms with E-state index in [-0.39, 0.29) is 12.1 Å². The summed E-state index contributed by atoms with van der Waals surface area (Å²) in [5.41, 5.74) is 6.39. The van der Waals surface area contributed by atoms with E-state index < -0.39 is 17.5 Å². The summed E-state index contributed by atoms with van der Waals surface area (Å²) < 4.78 is 38.9. The maximum atomic E-state index is 13.3. The first-order valence-electron chi connectivity index (χ1n) is 5.35. The summed E-state index contributed by atoms with van der Waals surface area (Å²) in [4.78, 5) is 0. The molecule has 0 bridgehead atoms. The molecule has 0 spiro atoms. The summed E-state index contributed by atoms with van der Waals surface area (Å²) in [6, 6.07) is 11.3. The van der Waals surface area contributed by atoms with Crippen molar-refractivity contribution in [1.29, 1.82) is 0 Å². The normalized spacial score (nSPS) is 10.4. The minimum Gasteiger partial charge on any atom is -0.321 e. The van der Waals surface area contributed by atoms with E-state index >= 15 is 0 Å². The Morgan fingerprint density at radius 1 is 0.833 bits per heavy atom. The van der Waals surface area contributed by atoms with Crippen LogP contribution < -0.4 is 10.9 Å². The Bertz CT molecular complexity index is 529. The maximum Gasteiger partial charge on any atom is 0.194 e. The van der Waals surface area contributed by atoms with Gasteiger partial charge in [0.1, 0.15) is 0 Å². The molecule has 0 aliphatic rings. The van der Waals surface area contributed by atoms with Gasteiger partial charge in [-0.2, -0.15) is 0 Å². The highest BCUT2D eigenvalue weighted by molar-refractivity contribution is 5.41. The standard InChI is InChI=1S/C13H11F3N2/c14-11-7-6-9(12(15)13(11)16)8-17-18-10-4-2-1-3-5-10/h1-7,17-18H,8H2. The first-order valence-corrected chi connectivity index (χ1v) is 5.35. The molecular weight excluding hydrogens is 241 g/mol. The number of hydrogen-bond donors (Lipinski definition) is 2. The van der Waals surface area contributed by atoms with Crippen LogP contribution in [0.2, 0.25) is 0 Å². The highest BCUT2D eigenvalue weighted by Crippen LogP contribution is 2.15. The topological polar surface area (TPSA) is 24.1 Å². The molecule has 2 rings (SSSR count). The fourth-order valence-electron chi connectivity index (χ4n) is 1.47. The summed E-state index contributed by atoms with van der Waals surface area (Å²) >= 11 is 0. The van der Waals surface area contributed by atoms with Crippen molar-refractivity contribution >= 4 is 5.69 Å². The lowest BCUT2D eigenvalue weighted by Gasteiger charge is -2.09. The third kappa shape index (κ3) is 2.81. The lowest BCUT2D eigenvalue weighted by Crippen LogP contribution is -2.21.